The van der Waals surface area contributed by atoms with Crippen LogP contribution in [0.15, 0.2) is 30.3 Å². The summed E-state index contributed by atoms with van der Waals surface area (Å²) in [5, 5.41) is 0. The Morgan fingerprint density at radius 2 is 2.11 bits per heavy atom. The molecule has 1 saturated heterocycles. The Labute approximate surface area is 121 Å². The summed E-state index contributed by atoms with van der Waals surface area (Å²) in [5.41, 5.74) is 7.04. The van der Waals surface area contributed by atoms with Crippen LogP contribution in [-0.2, 0) is 11.2 Å². The molecule has 1 aliphatic heterocycles. The van der Waals surface area contributed by atoms with Gasteiger partial charge in [-0.2, -0.15) is 0 Å². The fraction of sp³-hybridized carbons (Fsp3) is 0.533. The van der Waals surface area contributed by atoms with Gasteiger partial charge < -0.3 is 10.6 Å². The minimum absolute atomic E-state index is 0. The smallest absolute Gasteiger partial charge is 0.239 e. The lowest BCUT2D eigenvalue weighted by Gasteiger charge is -2.26. The number of carbonyl (C=O) groups is 1. The molecule has 106 valence electrons. The van der Waals surface area contributed by atoms with Crippen LogP contribution in [0, 0.1) is 0 Å². The molecule has 0 aromatic heterocycles. The average Bonchev–Trinajstić information content (AvgIpc) is 2.84. The topological polar surface area (TPSA) is 46.3 Å². The maximum atomic E-state index is 12.0. The lowest BCUT2D eigenvalue weighted by atomic mass is 10.0. The number of likely N-dealkylation sites (tertiary alicyclic amines) is 1. The molecule has 0 saturated carbocycles. The fourth-order valence-corrected chi connectivity index (χ4v) is 2.67. The third-order valence-electron chi connectivity index (χ3n) is 3.66. The zero-order valence-corrected chi connectivity index (χ0v) is 12.2. The molecule has 1 aliphatic rings. The average molecular weight is 283 g/mol. The standard InChI is InChI=1S/C15H22N2O.ClH/c1-12(16)15(18)17-11-5-8-14(17)10-9-13-6-3-2-4-7-13;/h2-4,6-7,12,14H,5,8-11,16H2,1H3;1H/t12-,14?;/m1./s1. The van der Waals surface area contributed by atoms with Crippen LogP contribution in [0.3, 0.4) is 0 Å². The molecule has 1 fully saturated rings. The first-order valence-electron chi connectivity index (χ1n) is 6.78. The molecule has 0 radical (unpaired) electrons. The Morgan fingerprint density at radius 3 is 2.74 bits per heavy atom. The molecule has 1 heterocycles. The van der Waals surface area contributed by atoms with Crippen LogP contribution in [0.4, 0.5) is 0 Å². The van der Waals surface area contributed by atoms with Gasteiger partial charge >= 0.3 is 0 Å². The third kappa shape index (κ3) is 4.22. The molecule has 1 amide bonds. The Balaban J connectivity index is 0.00000180. The Morgan fingerprint density at radius 1 is 1.42 bits per heavy atom. The van der Waals surface area contributed by atoms with Crippen molar-refractivity contribution in [2.75, 3.05) is 6.54 Å². The highest BCUT2D eigenvalue weighted by molar-refractivity contribution is 5.85. The molecule has 2 N–H and O–H groups in total. The van der Waals surface area contributed by atoms with Gasteiger partial charge in [-0.25, -0.2) is 0 Å². The first-order chi connectivity index (χ1) is 8.68. The van der Waals surface area contributed by atoms with Crippen molar-refractivity contribution in [3.8, 4) is 0 Å². The lowest BCUT2D eigenvalue weighted by molar-refractivity contribution is -0.133. The third-order valence-corrected chi connectivity index (χ3v) is 3.66. The summed E-state index contributed by atoms with van der Waals surface area (Å²) in [6.07, 6.45) is 4.31. The molecule has 3 nitrogen and oxygen atoms in total. The zero-order valence-electron chi connectivity index (χ0n) is 11.4. The van der Waals surface area contributed by atoms with Crippen molar-refractivity contribution >= 4 is 18.3 Å². The molecular formula is C15H23ClN2O. The molecular weight excluding hydrogens is 260 g/mol. The molecule has 0 bridgehead atoms. The SMILES string of the molecule is C[C@@H](N)C(=O)N1CCCC1CCc1ccccc1.Cl. The molecule has 2 rings (SSSR count). The van der Waals surface area contributed by atoms with Crippen molar-refractivity contribution < 1.29 is 4.79 Å². The van der Waals surface area contributed by atoms with Gasteiger partial charge in [0.05, 0.1) is 6.04 Å². The van der Waals surface area contributed by atoms with Gasteiger partial charge in [-0.05, 0) is 38.2 Å². The molecule has 1 unspecified atom stereocenters. The number of aryl methyl sites for hydroxylation is 1. The van der Waals surface area contributed by atoms with Gasteiger partial charge in [0, 0.05) is 12.6 Å². The molecule has 1 aromatic carbocycles. The lowest BCUT2D eigenvalue weighted by Crippen LogP contribution is -2.44. The molecule has 19 heavy (non-hydrogen) atoms. The first kappa shape index (κ1) is 16.0. The Kier molecular flexibility index (Phi) is 6.32. The summed E-state index contributed by atoms with van der Waals surface area (Å²) < 4.78 is 0. The quantitative estimate of drug-likeness (QED) is 0.922. The summed E-state index contributed by atoms with van der Waals surface area (Å²) in [5.74, 6) is 0.102. The number of nitrogens with two attached hydrogens (primary N) is 1. The van der Waals surface area contributed by atoms with Crippen molar-refractivity contribution in [3.05, 3.63) is 35.9 Å². The predicted molar refractivity (Wildman–Crippen MR) is 80.4 cm³/mol. The highest BCUT2D eigenvalue weighted by atomic mass is 35.5. The second-order valence-electron chi connectivity index (χ2n) is 5.14. The van der Waals surface area contributed by atoms with Gasteiger partial charge in [-0.1, -0.05) is 30.3 Å². The summed E-state index contributed by atoms with van der Waals surface area (Å²) in [7, 11) is 0. The summed E-state index contributed by atoms with van der Waals surface area (Å²) >= 11 is 0. The maximum Gasteiger partial charge on any atom is 0.239 e. The van der Waals surface area contributed by atoms with Gasteiger partial charge in [-0.3, -0.25) is 4.79 Å². The number of halogens is 1. The van der Waals surface area contributed by atoms with Gasteiger partial charge in [0.2, 0.25) is 5.91 Å². The molecule has 0 spiro atoms. The van der Waals surface area contributed by atoms with Crippen LogP contribution >= 0.6 is 12.4 Å². The second-order valence-corrected chi connectivity index (χ2v) is 5.14. The van der Waals surface area contributed by atoms with Gasteiger partial charge in [0.15, 0.2) is 0 Å². The van der Waals surface area contributed by atoms with E-state index in [1.54, 1.807) is 6.92 Å². The Bertz CT molecular complexity index is 394. The molecule has 0 aliphatic carbocycles. The number of hydrogen-bond donors (Lipinski definition) is 1. The number of carbonyl (C=O) groups excluding carboxylic acids is 1. The van der Waals surface area contributed by atoms with Crippen LogP contribution in [0.2, 0.25) is 0 Å². The van der Waals surface area contributed by atoms with Gasteiger partial charge in [0.25, 0.3) is 0 Å². The van der Waals surface area contributed by atoms with E-state index in [2.05, 4.69) is 24.3 Å². The van der Waals surface area contributed by atoms with Crippen molar-refractivity contribution in [2.24, 2.45) is 5.73 Å². The number of amides is 1. The molecule has 2 atom stereocenters. The van der Waals surface area contributed by atoms with Crippen molar-refractivity contribution in [3.63, 3.8) is 0 Å². The highest BCUT2D eigenvalue weighted by Gasteiger charge is 2.29. The van der Waals surface area contributed by atoms with E-state index < -0.39 is 0 Å². The predicted octanol–water partition coefficient (Wildman–Crippen LogP) is 2.38. The van der Waals surface area contributed by atoms with Gasteiger partial charge in [-0.15, -0.1) is 12.4 Å². The minimum Gasteiger partial charge on any atom is -0.338 e. The Hall–Kier alpha value is -1.06. The number of rotatable bonds is 4. The van der Waals surface area contributed by atoms with E-state index in [0.717, 1.165) is 32.2 Å². The van der Waals surface area contributed by atoms with E-state index in [-0.39, 0.29) is 24.4 Å². The molecule has 1 aromatic rings. The van der Waals surface area contributed by atoms with E-state index in [1.807, 2.05) is 11.0 Å². The normalized spacial score (nSPS) is 19.9. The summed E-state index contributed by atoms with van der Waals surface area (Å²) in [6.45, 7) is 2.65. The number of hydrogen-bond acceptors (Lipinski definition) is 2. The monoisotopic (exact) mass is 282 g/mol. The maximum absolute atomic E-state index is 12.0. The number of benzene rings is 1. The van der Waals surface area contributed by atoms with E-state index >= 15 is 0 Å². The first-order valence-corrected chi connectivity index (χ1v) is 6.78. The van der Waals surface area contributed by atoms with Crippen LogP contribution in [0.25, 0.3) is 0 Å². The van der Waals surface area contributed by atoms with Crippen LogP contribution in [0.1, 0.15) is 31.7 Å². The summed E-state index contributed by atoms with van der Waals surface area (Å²) in [6, 6.07) is 10.5. The van der Waals surface area contributed by atoms with E-state index in [9.17, 15) is 4.79 Å². The van der Waals surface area contributed by atoms with E-state index in [4.69, 9.17) is 5.73 Å². The van der Waals surface area contributed by atoms with Crippen molar-refractivity contribution in [1.29, 1.82) is 0 Å². The largest absolute Gasteiger partial charge is 0.338 e. The molecule has 4 heteroatoms. The second kappa shape index (κ2) is 7.51. The van der Waals surface area contributed by atoms with E-state index in [0.29, 0.717) is 6.04 Å². The number of nitrogens with zero attached hydrogens (tertiary/aromatic N) is 1. The van der Waals surface area contributed by atoms with E-state index in [1.165, 1.54) is 5.56 Å². The zero-order chi connectivity index (χ0) is 13.0. The highest BCUT2D eigenvalue weighted by Crippen LogP contribution is 2.22. The fourth-order valence-electron chi connectivity index (χ4n) is 2.67. The van der Waals surface area contributed by atoms with Gasteiger partial charge in [0.1, 0.15) is 0 Å². The summed E-state index contributed by atoms with van der Waals surface area (Å²) in [4.78, 5) is 13.9. The van der Waals surface area contributed by atoms with Crippen LogP contribution in [0.5, 0.6) is 0 Å². The van der Waals surface area contributed by atoms with Crippen LogP contribution in [-0.4, -0.2) is 29.4 Å². The minimum atomic E-state index is -0.373. The van der Waals surface area contributed by atoms with Crippen molar-refractivity contribution in [1.82, 2.24) is 4.90 Å². The van der Waals surface area contributed by atoms with Crippen molar-refractivity contribution in [2.45, 2.75) is 44.7 Å². The van der Waals surface area contributed by atoms with Crippen LogP contribution < -0.4 is 5.73 Å².